The molecule has 1 heterocycles. The molecule has 37 heavy (non-hydrogen) atoms. The maximum atomic E-state index is 13.8. The first-order valence-electron chi connectivity index (χ1n) is 12.4. The highest BCUT2D eigenvalue weighted by atomic mass is 32.2. The van der Waals surface area contributed by atoms with Gasteiger partial charge in [-0.25, -0.2) is 4.39 Å². The maximum absolute atomic E-state index is 13.8. The molecule has 0 saturated heterocycles. The number of methoxy groups -OCH3 is 2. The molecule has 1 aliphatic carbocycles. The zero-order chi connectivity index (χ0) is 26.5. The minimum atomic E-state index is -0.739. The number of ether oxygens (including phenoxy) is 3. The Bertz CT molecular complexity index is 1220. The van der Waals surface area contributed by atoms with Gasteiger partial charge >= 0.3 is 5.97 Å². The summed E-state index contributed by atoms with van der Waals surface area (Å²) in [5, 5.41) is 0. The molecule has 196 valence electrons. The van der Waals surface area contributed by atoms with Crippen molar-refractivity contribution in [1.82, 2.24) is 0 Å². The van der Waals surface area contributed by atoms with Crippen LogP contribution in [0, 0.1) is 11.7 Å². The van der Waals surface area contributed by atoms with Gasteiger partial charge < -0.3 is 14.2 Å². The van der Waals surface area contributed by atoms with Crippen molar-refractivity contribution in [1.29, 1.82) is 0 Å². The van der Waals surface area contributed by atoms with Gasteiger partial charge in [0.1, 0.15) is 18.3 Å². The Balaban J connectivity index is 1.70. The normalized spacial score (nSPS) is 21.3. The number of carbonyl (C=O) groups is 2. The van der Waals surface area contributed by atoms with Crippen LogP contribution in [-0.2, 0) is 14.3 Å². The summed E-state index contributed by atoms with van der Waals surface area (Å²) in [6.45, 7) is 4.14. The van der Waals surface area contributed by atoms with Gasteiger partial charge in [-0.3, -0.25) is 14.6 Å². The van der Waals surface area contributed by atoms with Gasteiger partial charge in [0.15, 0.2) is 17.3 Å². The quantitative estimate of drug-likeness (QED) is 0.308. The summed E-state index contributed by atoms with van der Waals surface area (Å²) < 4.78 is 30.2. The summed E-state index contributed by atoms with van der Waals surface area (Å²) >= 11 is 1.69. The van der Waals surface area contributed by atoms with Crippen molar-refractivity contribution in [2.75, 3.05) is 32.3 Å². The molecule has 1 unspecified atom stereocenters. The van der Waals surface area contributed by atoms with E-state index in [1.165, 1.54) is 12.1 Å². The van der Waals surface area contributed by atoms with E-state index in [4.69, 9.17) is 19.2 Å². The van der Waals surface area contributed by atoms with Crippen LogP contribution in [0.1, 0.15) is 49.7 Å². The number of carbonyl (C=O) groups excluding carboxylic acids is 2. The van der Waals surface area contributed by atoms with Crippen molar-refractivity contribution in [3.8, 4) is 11.5 Å². The van der Waals surface area contributed by atoms with Crippen LogP contribution in [0.15, 0.2) is 58.7 Å². The van der Waals surface area contributed by atoms with Gasteiger partial charge in [0, 0.05) is 35.1 Å². The van der Waals surface area contributed by atoms with Crippen molar-refractivity contribution in [2.45, 2.75) is 38.5 Å². The molecule has 2 aliphatic rings. The number of Topliss-reactive ketones (excluding diaryl/α,β-unsaturated/α-hetero) is 1. The number of rotatable bonds is 9. The molecule has 0 bridgehead atoms. The average molecular weight is 526 g/mol. The minimum Gasteiger partial charge on any atom is -0.493 e. The minimum absolute atomic E-state index is 0.0639. The fourth-order valence-electron chi connectivity index (χ4n) is 5.17. The zero-order valence-corrected chi connectivity index (χ0v) is 22.4. The number of nitrogens with zero attached hydrogens (tertiary/aromatic N) is 1. The third-order valence-corrected chi connectivity index (χ3v) is 7.79. The van der Waals surface area contributed by atoms with Crippen LogP contribution in [0.2, 0.25) is 0 Å². The Morgan fingerprint density at radius 3 is 2.43 bits per heavy atom. The molecule has 2 aromatic carbocycles. The maximum Gasteiger partial charge on any atom is 0.315 e. The lowest BCUT2D eigenvalue weighted by molar-refractivity contribution is -0.145. The van der Waals surface area contributed by atoms with Crippen LogP contribution in [0.25, 0.3) is 0 Å². The van der Waals surface area contributed by atoms with Crippen LogP contribution in [-0.4, -0.2) is 49.8 Å². The van der Waals surface area contributed by atoms with E-state index >= 15 is 0 Å². The number of thioether (sulfide) groups is 1. The molecule has 1 aliphatic heterocycles. The molecule has 0 N–H and O–H groups in total. The zero-order valence-electron chi connectivity index (χ0n) is 21.6. The number of hydrogen-bond acceptors (Lipinski definition) is 7. The number of hydrogen-bond donors (Lipinski definition) is 0. The standard InChI is InChI=1S/C29H32FNO5S/c1-5-37-13-12-36-29(33)26-17(2)31-22-14-20(19-8-11-24(34-3)25(16-19)35-4)15-23(32)28(22)27(26)18-6-9-21(30)10-7-18/h6-11,16,20,26-27H,5,12-15H2,1-4H3/t20-,26?,27-/m0/s1. The smallest absolute Gasteiger partial charge is 0.315 e. The van der Waals surface area contributed by atoms with Crippen LogP contribution in [0.5, 0.6) is 11.5 Å². The van der Waals surface area contributed by atoms with Crippen molar-refractivity contribution < 1.29 is 28.2 Å². The number of ketones is 1. The molecule has 6 nitrogen and oxygen atoms in total. The van der Waals surface area contributed by atoms with E-state index in [-0.39, 0.29) is 23.9 Å². The molecule has 3 atom stereocenters. The molecular weight excluding hydrogens is 493 g/mol. The molecule has 0 amide bonds. The second-order valence-corrected chi connectivity index (χ2v) is 10.5. The highest BCUT2D eigenvalue weighted by Crippen LogP contribution is 2.47. The molecule has 0 fully saturated rings. The first kappa shape index (κ1) is 26.9. The molecule has 0 spiro atoms. The number of esters is 1. The second kappa shape index (κ2) is 11.9. The molecule has 8 heteroatoms. The lowest BCUT2D eigenvalue weighted by Crippen LogP contribution is -2.38. The third-order valence-electron chi connectivity index (χ3n) is 6.93. The van der Waals surface area contributed by atoms with Crippen LogP contribution in [0.4, 0.5) is 4.39 Å². The van der Waals surface area contributed by atoms with Crippen LogP contribution < -0.4 is 9.47 Å². The van der Waals surface area contributed by atoms with Crippen LogP contribution >= 0.6 is 11.8 Å². The monoisotopic (exact) mass is 525 g/mol. The Kier molecular flexibility index (Phi) is 8.69. The Hall–Kier alpha value is -3.13. The topological polar surface area (TPSA) is 74.2 Å². The Morgan fingerprint density at radius 1 is 1.05 bits per heavy atom. The lowest BCUT2D eigenvalue weighted by Gasteiger charge is -2.36. The van der Waals surface area contributed by atoms with Gasteiger partial charge in [0.05, 0.1) is 14.2 Å². The Morgan fingerprint density at radius 2 is 1.76 bits per heavy atom. The molecule has 0 radical (unpaired) electrons. The highest BCUT2D eigenvalue weighted by molar-refractivity contribution is 7.99. The summed E-state index contributed by atoms with van der Waals surface area (Å²) in [6, 6.07) is 11.7. The van der Waals surface area contributed by atoms with E-state index in [0.29, 0.717) is 52.8 Å². The fourth-order valence-corrected chi connectivity index (χ4v) is 5.66. The largest absolute Gasteiger partial charge is 0.493 e. The number of benzene rings is 2. The summed E-state index contributed by atoms with van der Waals surface area (Å²) in [4.78, 5) is 31.8. The van der Waals surface area contributed by atoms with Crippen LogP contribution in [0.3, 0.4) is 0 Å². The molecule has 4 rings (SSSR count). The summed E-state index contributed by atoms with van der Waals surface area (Å²) in [5.74, 6) is 0.608. The summed E-state index contributed by atoms with van der Waals surface area (Å²) in [5.41, 5.74) is 3.46. The lowest BCUT2D eigenvalue weighted by atomic mass is 9.69. The predicted octanol–water partition coefficient (Wildman–Crippen LogP) is 5.71. The van der Waals surface area contributed by atoms with Gasteiger partial charge in [0.25, 0.3) is 0 Å². The van der Waals surface area contributed by atoms with Gasteiger partial charge in [0.2, 0.25) is 0 Å². The van der Waals surface area contributed by atoms with Crippen molar-refractivity contribution >= 4 is 29.2 Å². The van der Waals surface area contributed by atoms with E-state index < -0.39 is 17.8 Å². The first-order valence-corrected chi connectivity index (χ1v) is 13.6. The highest BCUT2D eigenvalue weighted by Gasteiger charge is 2.44. The number of aliphatic imine (C=N–C) groups is 1. The number of halogens is 1. The Labute approximate surface area is 221 Å². The number of allylic oxidation sites excluding steroid dienone is 2. The third kappa shape index (κ3) is 5.74. The summed E-state index contributed by atoms with van der Waals surface area (Å²) in [7, 11) is 3.16. The molecule has 0 aromatic heterocycles. The van der Waals surface area contributed by atoms with Crippen molar-refractivity contribution in [3.05, 3.63) is 70.7 Å². The van der Waals surface area contributed by atoms with Crippen molar-refractivity contribution in [2.24, 2.45) is 10.9 Å². The first-order chi connectivity index (χ1) is 17.9. The van der Waals surface area contributed by atoms with E-state index in [2.05, 4.69) is 0 Å². The SMILES string of the molecule is CCSCCOC(=O)C1C(C)=NC2=C(C(=O)C[C@@H](c3ccc(OC)c(OC)c3)C2)[C@H]1c1ccc(F)cc1. The van der Waals surface area contributed by atoms with Gasteiger partial charge in [-0.05, 0) is 60.4 Å². The van der Waals surface area contributed by atoms with E-state index in [9.17, 15) is 14.0 Å². The van der Waals surface area contributed by atoms with Gasteiger partial charge in [-0.1, -0.05) is 25.1 Å². The molecular formula is C29H32FNO5S. The fraction of sp³-hybridized carbons (Fsp3) is 0.414. The predicted molar refractivity (Wildman–Crippen MR) is 143 cm³/mol. The second-order valence-electron chi connectivity index (χ2n) is 9.13. The van der Waals surface area contributed by atoms with Crippen molar-refractivity contribution in [3.63, 3.8) is 0 Å². The summed E-state index contributed by atoms with van der Waals surface area (Å²) in [6.07, 6.45) is 0.815. The van der Waals surface area contributed by atoms with E-state index in [1.54, 1.807) is 45.0 Å². The van der Waals surface area contributed by atoms with E-state index in [1.807, 2.05) is 25.1 Å². The average Bonchev–Trinajstić information content (AvgIpc) is 2.90. The van der Waals surface area contributed by atoms with Gasteiger partial charge in [-0.15, -0.1) is 0 Å². The molecule has 2 aromatic rings. The van der Waals surface area contributed by atoms with E-state index in [0.717, 1.165) is 11.3 Å². The van der Waals surface area contributed by atoms with Gasteiger partial charge in [-0.2, -0.15) is 11.8 Å². The molecule has 0 saturated carbocycles.